The standard InChI is InChI=1S/C12H14O3/c1-3-8-15-11-6-4-10(5-7-11)12(13)9-14-2/h3-7H,1,8-9H2,2H3. The molecular weight excluding hydrogens is 192 g/mol. The Bertz CT molecular complexity index is 327. The van der Waals surface area contributed by atoms with Crippen LogP contribution in [0.15, 0.2) is 36.9 Å². The van der Waals surface area contributed by atoms with E-state index in [9.17, 15) is 4.79 Å². The van der Waals surface area contributed by atoms with Gasteiger partial charge in [-0.05, 0) is 24.3 Å². The average Bonchev–Trinajstić information content (AvgIpc) is 2.27. The second kappa shape index (κ2) is 5.98. The first-order valence-corrected chi connectivity index (χ1v) is 4.64. The first-order chi connectivity index (χ1) is 7.27. The van der Waals surface area contributed by atoms with Gasteiger partial charge in [-0.3, -0.25) is 4.79 Å². The lowest BCUT2D eigenvalue weighted by Crippen LogP contribution is -2.06. The highest BCUT2D eigenvalue weighted by Crippen LogP contribution is 2.12. The Morgan fingerprint density at radius 1 is 1.40 bits per heavy atom. The van der Waals surface area contributed by atoms with Gasteiger partial charge in [-0.2, -0.15) is 0 Å². The summed E-state index contributed by atoms with van der Waals surface area (Å²) in [4.78, 5) is 11.4. The molecule has 0 aliphatic heterocycles. The van der Waals surface area contributed by atoms with E-state index in [1.165, 1.54) is 7.11 Å². The fourth-order valence-corrected chi connectivity index (χ4v) is 1.11. The molecule has 1 aromatic rings. The fourth-order valence-electron chi connectivity index (χ4n) is 1.11. The predicted octanol–water partition coefficient (Wildman–Crippen LogP) is 2.08. The van der Waals surface area contributed by atoms with Gasteiger partial charge in [-0.15, -0.1) is 0 Å². The third-order valence-electron chi connectivity index (χ3n) is 1.82. The normalized spacial score (nSPS) is 9.67. The van der Waals surface area contributed by atoms with Crippen molar-refractivity contribution in [3.63, 3.8) is 0 Å². The molecule has 0 heterocycles. The number of carbonyl (C=O) groups excluding carboxylic acids is 1. The van der Waals surface area contributed by atoms with Crippen LogP contribution in [0.4, 0.5) is 0 Å². The van der Waals surface area contributed by atoms with Gasteiger partial charge in [0, 0.05) is 12.7 Å². The summed E-state index contributed by atoms with van der Waals surface area (Å²) in [6.07, 6.45) is 1.67. The summed E-state index contributed by atoms with van der Waals surface area (Å²) < 4.78 is 10.0. The zero-order valence-corrected chi connectivity index (χ0v) is 8.73. The van der Waals surface area contributed by atoms with Crippen LogP contribution in [-0.4, -0.2) is 26.1 Å². The maximum absolute atomic E-state index is 11.4. The minimum absolute atomic E-state index is 0.0345. The Morgan fingerprint density at radius 3 is 2.60 bits per heavy atom. The number of rotatable bonds is 6. The van der Waals surface area contributed by atoms with Crippen LogP contribution >= 0.6 is 0 Å². The molecule has 0 unspecified atom stereocenters. The Hall–Kier alpha value is -1.61. The number of Topliss-reactive ketones (excluding diaryl/α,β-unsaturated/α-hetero) is 1. The van der Waals surface area contributed by atoms with Crippen molar-refractivity contribution >= 4 is 5.78 Å². The smallest absolute Gasteiger partial charge is 0.188 e. The zero-order valence-electron chi connectivity index (χ0n) is 8.73. The van der Waals surface area contributed by atoms with Gasteiger partial charge in [-0.25, -0.2) is 0 Å². The van der Waals surface area contributed by atoms with E-state index in [-0.39, 0.29) is 12.4 Å². The van der Waals surface area contributed by atoms with Crippen LogP contribution < -0.4 is 4.74 Å². The highest BCUT2D eigenvalue weighted by molar-refractivity contribution is 5.97. The number of hydrogen-bond acceptors (Lipinski definition) is 3. The molecule has 0 bridgehead atoms. The van der Waals surface area contributed by atoms with Crippen LogP contribution in [0.25, 0.3) is 0 Å². The highest BCUT2D eigenvalue weighted by Gasteiger charge is 2.04. The molecule has 0 saturated heterocycles. The number of carbonyl (C=O) groups is 1. The maximum Gasteiger partial charge on any atom is 0.188 e. The summed E-state index contributed by atoms with van der Waals surface area (Å²) in [6.45, 7) is 4.12. The molecule has 0 N–H and O–H groups in total. The Kier molecular flexibility index (Phi) is 4.57. The van der Waals surface area contributed by atoms with Gasteiger partial charge < -0.3 is 9.47 Å². The highest BCUT2D eigenvalue weighted by atomic mass is 16.5. The lowest BCUT2D eigenvalue weighted by Gasteiger charge is -2.04. The lowest BCUT2D eigenvalue weighted by atomic mass is 10.1. The molecule has 0 aliphatic rings. The molecule has 0 saturated carbocycles. The molecule has 1 rings (SSSR count). The van der Waals surface area contributed by atoms with Crippen LogP contribution in [0.5, 0.6) is 5.75 Å². The molecule has 0 radical (unpaired) electrons. The van der Waals surface area contributed by atoms with E-state index < -0.39 is 0 Å². The summed E-state index contributed by atoms with van der Waals surface area (Å²) in [5, 5.41) is 0. The third kappa shape index (κ3) is 3.56. The molecule has 0 aliphatic carbocycles. The summed E-state index contributed by atoms with van der Waals surface area (Å²) in [5.74, 6) is 0.691. The van der Waals surface area contributed by atoms with Gasteiger partial charge in [0.15, 0.2) is 5.78 Å². The molecule has 0 atom stereocenters. The van der Waals surface area contributed by atoms with Crippen molar-refractivity contribution in [2.45, 2.75) is 0 Å². The van der Waals surface area contributed by atoms with E-state index in [1.807, 2.05) is 0 Å². The van der Waals surface area contributed by atoms with Crippen molar-refractivity contribution in [1.82, 2.24) is 0 Å². The van der Waals surface area contributed by atoms with E-state index in [4.69, 9.17) is 9.47 Å². The molecule has 3 heteroatoms. The number of ether oxygens (including phenoxy) is 2. The van der Waals surface area contributed by atoms with Gasteiger partial charge in [0.25, 0.3) is 0 Å². The fraction of sp³-hybridized carbons (Fsp3) is 0.250. The minimum Gasteiger partial charge on any atom is -0.490 e. The van der Waals surface area contributed by atoms with Gasteiger partial charge in [-0.1, -0.05) is 12.7 Å². The van der Waals surface area contributed by atoms with Crippen molar-refractivity contribution in [2.75, 3.05) is 20.3 Å². The van der Waals surface area contributed by atoms with Crippen molar-refractivity contribution < 1.29 is 14.3 Å². The van der Waals surface area contributed by atoms with Crippen LogP contribution in [0.2, 0.25) is 0 Å². The topological polar surface area (TPSA) is 35.5 Å². The molecule has 1 aromatic carbocycles. The number of methoxy groups -OCH3 is 1. The third-order valence-corrected chi connectivity index (χ3v) is 1.82. The van der Waals surface area contributed by atoms with Crippen LogP contribution in [0.1, 0.15) is 10.4 Å². The Morgan fingerprint density at radius 2 is 2.07 bits per heavy atom. The molecule has 0 spiro atoms. The molecule has 0 amide bonds. The van der Waals surface area contributed by atoms with Crippen molar-refractivity contribution in [2.24, 2.45) is 0 Å². The largest absolute Gasteiger partial charge is 0.490 e. The van der Waals surface area contributed by atoms with E-state index in [2.05, 4.69) is 6.58 Å². The van der Waals surface area contributed by atoms with Crippen molar-refractivity contribution in [3.05, 3.63) is 42.5 Å². The van der Waals surface area contributed by atoms with Crippen LogP contribution in [0, 0.1) is 0 Å². The second-order valence-electron chi connectivity index (χ2n) is 2.98. The summed E-state index contributed by atoms with van der Waals surface area (Å²) in [5.41, 5.74) is 0.628. The van der Waals surface area contributed by atoms with E-state index in [1.54, 1.807) is 30.3 Å². The number of ketones is 1. The SMILES string of the molecule is C=CCOc1ccc(C(=O)COC)cc1. The van der Waals surface area contributed by atoms with E-state index >= 15 is 0 Å². The average molecular weight is 206 g/mol. The van der Waals surface area contributed by atoms with Gasteiger partial charge in [0.2, 0.25) is 0 Å². The minimum atomic E-state index is -0.0345. The zero-order chi connectivity index (χ0) is 11.1. The predicted molar refractivity (Wildman–Crippen MR) is 58.3 cm³/mol. The molecular formula is C12H14O3. The summed E-state index contributed by atoms with van der Waals surface area (Å²) in [7, 11) is 1.50. The first-order valence-electron chi connectivity index (χ1n) is 4.64. The van der Waals surface area contributed by atoms with E-state index in [0.29, 0.717) is 12.2 Å². The van der Waals surface area contributed by atoms with Gasteiger partial charge in [0.1, 0.15) is 19.0 Å². The summed E-state index contributed by atoms with van der Waals surface area (Å²) in [6, 6.07) is 6.96. The molecule has 0 aromatic heterocycles. The van der Waals surface area contributed by atoms with Gasteiger partial charge in [0.05, 0.1) is 0 Å². The van der Waals surface area contributed by atoms with Crippen LogP contribution in [0.3, 0.4) is 0 Å². The van der Waals surface area contributed by atoms with Gasteiger partial charge >= 0.3 is 0 Å². The second-order valence-corrected chi connectivity index (χ2v) is 2.98. The van der Waals surface area contributed by atoms with E-state index in [0.717, 1.165) is 5.75 Å². The number of benzene rings is 1. The molecule has 3 nitrogen and oxygen atoms in total. The monoisotopic (exact) mass is 206 g/mol. The van der Waals surface area contributed by atoms with Crippen molar-refractivity contribution in [1.29, 1.82) is 0 Å². The van der Waals surface area contributed by atoms with Crippen LogP contribution in [-0.2, 0) is 4.74 Å². The first kappa shape index (κ1) is 11.5. The lowest BCUT2D eigenvalue weighted by molar-refractivity contribution is 0.0848. The molecule has 80 valence electrons. The molecule has 15 heavy (non-hydrogen) atoms. The summed E-state index contributed by atoms with van der Waals surface area (Å²) >= 11 is 0. The number of hydrogen-bond donors (Lipinski definition) is 0. The molecule has 0 fully saturated rings. The maximum atomic E-state index is 11.4. The Labute approximate surface area is 89.3 Å². The Balaban J connectivity index is 2.63. The van der Waals surface area contributed by atoms with Crippen molar-refractivity contribution in [3.8, 4) is 5.75 Å². The quantitative estimate of drug-likeness (QED) is 0.528.